The summed E-state index contributed by atoms with van der Waals surface area (Å²) in [5, 5.41) is 0.356. The van der Waals surface area contributed by atoms with Gasteiger partial charge in [-0.3, -0.25) is 0 Å². The van der Waals surface area contributed by atoms with E-state index in [0.717, 1.165) is 57.9 Å². The van der Waals surface area contributed by atoms with Gasteiger partial charge < -0.3 is 9.47 Å². The number of nitrogens with zero attached hydrogens (tertiary/aromatic N) is 2. The third kappa shape index (κ3) is 5.24. The van der Waals surface area contributed by atoms with Gasteiger partial charge in [0.25, 0.3) is 0 Å². The third-order valence-corrected chi connectivity index (χ3v) is 17.5. The molecule has 11 rings (SSSR count). The van der Waals surface area contributed by atoms with E-state index in [2.05, 4.69) is 96.1 Å². The van der Waals surface area contributed by atoms with E-state index in [0.29, 0.717) is 5.69 Å². The van der Waals surface area contributed by atoms with Crippen molar-refractivity contribution in [1.82, 2.24) is 4.57 Å². The zero-order valence-electron chi connectivity index (χ0n) is 47.7. The minimum Gasteiger partial charge on any atom is -0.334 e. The van der Waals surface area contributed by atoms with Crippen LogP contribution in [0, 0.1) is 0 Å². The summed E-state index contributed by atoms with van der Waals surface area (Å²) in [6.07, 6.45) is 4.47. The Bertz CT molecular complexity index is 3620. The van der Waals surface area contributed by atoms with Crippen molar-refractivity contribution >= 4 is 62.0 Å². The molecular weight excluding hydrogens is 729 g/mol. The number of benzene rings is 8. The van der Waals surface area contributed by atoms with E-state index in [1.54, 1.807) is 24.3 Å². The van der Waals surface area contributed by atoms with Crippen LogP contribution in [0.3, 0.4) is 0 Å². The Morgan fingerprint density at radius 2 is 1.07 bits per heavy atom. The number of aromatic nitrogens is 1. The molecule has 9 aromatic rings. The minimum atomic E-state index is -5.25. The van der Waals surface area contributed by atoms with E-state index >= 15 is 0 Å². The molecular formula is C56H48N2Si. The van der Waals surface area contributed by atoms with E-state index in [1.165, 1.54) is 17.7 Å². The summed E-state index contributed by atoms with van der Waals surface area (Å²) >= 11 is 0. The smallest absolute Gasteiger partial charge is 0.179 e. The van der Waals surface area contributed by atoms with Crippen molar-refractivity contribution in [2.75, 3.05) is 4.90 Å². The fourth-order valence-electron chi connectivity index (χ4n) is 10.4. The molecule has 0 spiro atoms. The number of fused-ring (bicyclic) bond motifs is 6. The van der Waals surface area contributed by atoms with E-state index in [9.17, 15) is 8.22 Å². The average molecular weight is 792 g/mol. The molecule has 8 aromatic carbocycles. The average Bonchev–Trinajstić information content (AvgIpc) is 3.89. The lowest BCUT2D eigenvalue weighted by atomic mass is 9.61. The van der Waals surface area contributed by atoms with Gasteiger partial charge in [0.15, 0.2) is 8.07 Å². The standard InChI is InChI=1S/C56H48N2Si/c1-55-38-18-19-39-56(55,2)58(54-31-17-14-28-50(54)55)53-30-16-12-26-47(53)41-32-37-52-49(40-41)48-27-13-15-29-51(48)57(52)42-33-35-46(36-34-42)59(43-20-6-3-7-21-43,44-22-8-4-9-23-44)45-24-10-5-11-25-45/h3-17,20-37,40H,18-19,38-39H2,1-2H3/i3D,4D,5D,6D,7D,8D,9D,10D,11D,20D,21D,22D,23D,24D,25D. The number of rotatable bonds is 7. The van der Waals surface area contributed by atoms with Crippen molar-refractivity contribution in [3.63, 3.8) is 0 Å². The van der Waals surface area contributed by atoms with Crippen LogP contribution in [0.25, 0.3) is 38.6 Å². The van der Waals surface area contributed by atoms with Crippen LogP contribution in [0.15, 0.2) is 206 Å². The maximum absolute atomic E-state index is 9.44. The molecule has 1 aliphatic carbocycles. The van der Waals surface area contributed by atoms with Crippen LogP contribution in [0.1, 0.15) is 65.7 Å². The largest absolute Gasteiger partial charge is 0.334 e. The Kier molecular flexibility index (Phi) is 5.46. The molecule has 1 saturated carbocycles. The van der Waals surface area contributed by atoms with Gasteiger partial charge in [-0.2, -0.15) is 0 Å². The summed E-state index contributed by atoms with van der Waals surface area (Å²) in [5.74, 6) is 0. The second-order valence-electron chi connectivity index (χ2n) is 16.1. The molecule has 2 aliphatic rings. The molecule has 3 heteroatoms. The monoisotopic (exact) mass is 791 g/mol. The van der Waals surface area contributed by atoms with Gasteiger partial charge in [0.2, 0.25) is 0 Å². The molecule has 1 aromatic heterocycles. The number of anilines is 2. The van der Waals surface area contributed by atoms with Crippen molar-refractivity contribution in [1.29, 1.82) is 0 Å². The van der Waals surface area contributed by atoms with Crippen LogP contribution < -0.4 is 25.6 Å². The van der Waals surface area contributed by atoms with E-state index < -0.39 is 114 Å². The Morgan fingerprint density at radius 1 is 0.508 bits per heavy atom. The summed E-state index contributed by atoms with van der Waals surface area (Å²) < 4.78 is 137. The molecule has 0 amide bonds. The maximum atomic E-state index is 9.44. The van der Waals surface area contributed by atoms with Crippen molar-refractivity contribution in [2.24, 2.45) is 0 Å². The number of para-hydroxylation sites is 3. The first kappa shape index (κ1) is 23.2. The van der Waals surface area contributed by atoms with Gasteiger partial charge in [-0.05, 0) is 94.1 Å². The first-order valence-electron chi connectivity index (χ1n) is 27.6. The van der Waals surface area contributed by atoms with Crippen molar-refractivity contribution in [3.8, 4) is 16.8 Å². The molecule has 0 saturated heterocycles. The molecule has 1 fully saturated rings. The minimum absolute atomic E-state index is 0.0396. The van der Waals surface area contributed by atoms with Gasteiger partial charge >= 0.3 is 0 Å². The van der Waals surface area contributed by atoms with Crippen LogP contribution >= 0.6 is 0 Å². The Morgan fingerprint density at radius 3 is 1.75 bits per heavy atom. The SMILES string of the molecule is [2H]c1c([2H])c([2H])c([Si](c2ccc(-n3c4ccccc4c4cc(-c5ccccc5N5c6ccccc6C6(C)CCCCC56C)ccc43)cc2)(c2c([2H])c([2H])c([2H])c([2H])c2[2H])c2c([2H])c([2H])c([2H])c([2H])c2[2H])c([2H])c1[2H]. The maximum Gasteiger partial charge on any atom is 0.179 e. The molecule has 0 N–H and O–H groups in total. The molecule has 0 bridgehead atoms. The van der Waals surface area contributed by atoms with Crippen LogP contribution in [-0.4, -0.2) is 18.2 Å². The van der Waals surface area contributed by atoms with Gasteiger partial charge in [0, 0.05) is 38.8 Å². The summed E-state index contributed by atoms with van der Waals surface area (Å²) in [5.41, 5.74) is 7.89. The molecule has 2 unspecified atom stereocenters. The zero-order chi connectivity index (χ0) is 52.7. The topological polar surface area (TPSA) is 8.17 Å². The highest BCUT2D eigenvalue weighted by molar-refractivity contribution is 7.19. The van der Waals surface area contributed by atoms with Gasteiger partial charge in [0.05, 0.1) is 37.1 Å². The van der Waals surface area contributed by atoms with Crippen molar-refractivity contribution < 1.29 is 20.6 Å². The predicted octanol–water partition coefficient (Wildman–Crippen LogP) is 11.6. The lowest BCUT2D eigenvalue weighted by Gasteiger charge is -2.50. The van der Waals surface area contributed by atoms with E-state index in [1.807, 2.05) is 18.2 Å². The first-order chi connectivity index (χ1) is 35.2. The summed E-state index contributed by atoms with van der Waals surface area (Å²) in [6, 6.07) is 26.2. The number of hydrogen-bond acceptors (Lipinski definition) is 1. The summed E-state index contributed by atoms with van der Waals surface area (Å²) in [7, 11) is -5.25. The van der Waals surface area contributed by atoms with E-state index in [-0.39, 0.29) is 16.1 Å². The van der Waals surface area contributed by atoms with E-state index in [4.69, 9.17) is 12.3 Å². The zero-order valence-corrected chi connectivity index (χ0v) is 33.7. The van der Waals surface area contributed by atoms with Crippen LogP contribution in [-0.2, 0) is 5.41 Å². The highest BCUT2D eigenvalue weighted by atomic mass is 28.3. The molecule has 1 aliphatic heterocycles. The fraction of sp³-hybridized carbons (Fsp3) is 0.143. The van der Waals surface area contributed by atoms with Gasteiger partial charge in [-0.25, -0.2) is 0 Å². The third-order valence-electron chi connectivity index (χ3n) is 13.3. The molecule has 2 atom stereocenters. The van der Waals surface area contributed by atoms with Gasteiger partial charge in [-0.1, -0.05) is 183 Å². The van der Waals surface area contributed by atoms with Gasteiger partial charge in [0.1, 0.15) is 0 Å². The molecule has 2 heterocycles. The molecule has 2 nitrogen and oxygen atoms in total. The lowest BCUT2D eigenvalue weighted by molar-refractivity contribution is 0.195. The normalized spacial score (nSPS) is 22.4. The Hall–Kier alpha value is -6.42. The lowest BCUT2D eigenvalue weighted by Crippen LogP contribution is -2.74. The van der Waals surface area contributed by atoms with Crippen molar-refractivity contribution in [2.45, 2.75) is 50.5 Å². The molecule has 286 valence electrons. The quantitative estimate of drug-likeness (QED) is 0.115. The van der Waals surface area contributed by atoms with Crippen molar-refractivity contribution in [3.05, 3.63) is 211 Å². The van der Waals surface area contributed by atoms with Crippen LogP contribution in [0.4, 0.5) is 11.4 Å². The summed E-state index contributed by atoms with van der Waals surface area (Å²) in [6.45, 7) is 4.83. The highest BCUT2D eigenvalue weighted by Gasteiger charge is 2.57. The van der Waals surface area contributed by atoms with Crippen LogP contribution in [0.2, 0.25) is 0 Å². The second kappa shape index (κ2) is 13.9. The van der Waals surface area contributed by atoms with Crippen LogP contribution in [0.5, 0.6) is 0 Å². The molecule has 59 heavy (non-hydrogen) atoms. The van der Waals surface area contributed by atoms with Gasteiger partial charge in [-0.15, -0.1) is 0 Å². The highest BCUT2D eigenvalue weighted by Crippen LogP contribution is 2.61. The second-order valence-corrected chi connectivity index (χ2v) is 19.6. The molecule has 0 radical (unpaired) electrons. The predicted molar refractivity (Wildman–Crippen MR) is 253 cm³/mol. The summed E-state index contributed by atoms with van der Waals surface area (Å²) in [4.78, 5) is 2.58. The first-order valence-corrected chi connectivity index (χ1v) is 22.1. The number of hydrogen-bond donors (Lipinski definition) is 0. The Balaban J connectivity index is 1.16. The fourth-order valence-corrected chi connectivity index (χ4v) is 14.2. The Labute approximate surface area is 370 Å².